The number of hydrogen-bond donors (Lipinski definition) is 0. The van der Waals surface area contributed by atoms with E-state index < -0.39 is 0 Å². The number of thiophene rings is 1. The van der Waals surface area contributed by atoms with E-state index in [2.05, 4.69) is 35.2 Å². The SMILES string of the molecule is O=Cc1sc(N2CCOCC2)nc1Cc1cc2ccccc2s1. The van der Waals surface area contributed by atoms with Gasteiger partial charge < -0.3 is 9.64 Å². The van der Waals surface area contributed by atoms with Crippen LogP contribution < -0.4 is 4.90 Å². The minimum atomic E-state index is 0.717. The summed E-state index contributed by atoms with van der Waals surface area (Å²) in [7, 11) is 0. The molecule has 0 amide bonds. The molecular formula is C17H16N2O2S2. The van der Waals surface area contributed by atoms with E-state index in [0.717, 1.165) is 48.3 Å². The number of aldehydes is 1. The van der Waals surface area contributed by atoms with Gasteiger partial charge in [0, 0.05) is 29.1 Å². The average Bonchev–Trinajstić information content (AvgIpc) is 3.19. The first-order valence-corrected chi connectivity index (χ1v) is 9.22. The van der Waals surface area contributed by atoms with Crippen LogP contribution in [0, 0.1) is 0 Å². The topological polar surface area (TPSA) is 42.4 Å². The van der Waals surface area contributed by atoms with Crippen molar-refractivity contribution in [3.8, 4) is 0 Å². The Balaban J connectivity index is 1.62. The number of fused-ring (bicyclic) bond motifs is 1. The second kappa shape index (κ2) is 6.39. The van der Waals surface area contributed by atoms with Crippen LogP contribution in [-0.4, -0.2) is 37.6 Å². The molecule has 0 aliphatic carbocycles. The van der Waals surface area contributed by atoms with Crippen LogP contribution in [0.4, 0.5) is 5.13 Å². The lowest BCUT2D eigenvalue weighted by Gasteiger charge is -2.26. The quantitative estimate of drug-likeness (QED) is 0.678. The van der Waals surface area contributed by atoms with E-state index in [4.69, 9.17) is 9.72 Å². The van der Waals surface area contributed by atoms with Gasteiger partial charge >= 0.3 is 0 Å². The van der Waals surface area contributed by atoms with Crippen molar-refractivity contribution in [3.05, 3.63) is 45.8 Å². The zero-order chi connectivity index (χ0) is 15.6. The highest BCUT2D eigenvalue weighted by atomic mass is 32.1. The molecule has 4 rings (SSSR count). The molecule has 0 saturated carbocycles. The van der Waals surface area contributed by atoms with Crippen molar-refractivity contribution in [3.63, 3.8) is 0 Å². The summed E-state index contributed by atoms with van der Waals surface area (Å²) in [6.07, 6.45) is 1.65. The first kappa shape index (κ1) is 14.8. The average molecular weight is 344 g/mol. The highest BCUT2D eigenvalue weighted by Crippen LogP contribution is 2.31. The fourth-order valence-electron chi connectivity index (χ4n) is 2.75. The molecule has 0 atom stereocenters. The van der Waals surface area contributed by atoms with Crippen molar-refractivity contribution in [2.45, 2.75) is 6.42 Å². The van der Waals surface area contributed by atoms with Gasteiger partial charge in [-0.3, -0.25) is 4.79 Å². The Hall–Kier alpha value is -1.76. The molecule has 3 heterocycles. The van der Waals surface area contributed by atoms with Crippen molar-refractivity contribution in [1.29, 1.82) is 0 Å². The third-order valence-electron chi connectivity index (χ3n) is 3.92. The Morgan fingerprint density at radius 1 is 1.22 bits per heavy atom. The highest BCUT2D eigenvalue weighted by molar-refractivity contribution is 7.19. The van der Waals surface area contributed by atoms with Crippen molar-refractivity contribution < 1.29 is 9.53 Å². The number of thiazole rings is 1. The molecule has 0 radical (unpaired) electrons. The summed E-state index contributed by atoms with van der Waals surface area (Å²) in [6.45, 7) is 3.13. The van der Waals surface area contributed by atoms with Gasteiger partial charge in [0.2, 0.25) is 0 Å². The zero-order valence-corrected chi connectivity index (χ0v) is 14.2. The van der Waals surface area contributed by atoms with Gasteiger partial charge in [0.05, 0.1) is 23.8 Å². The lowest BCUT2D eigenvalue weighted by molar-refractivity contribution is 0.112. The van der Waals surface area contributed by atoms with Gasteiger partial charge in [0.15, 0.2) is 11.4 Å². The van der Waals surface area contributed by atoms with Crippen molar-refractivity contribution in [2.75, 3.05) is 31.2 Å². The Morgan fingerprint density at radius 2 is 2.04 bits per heavy atom. The molecular weight excluding hydrogens is 328 g/mol. The molecule has 1 aliphatic heterocycles. The molecule has 1 fully saturated rings. The molecule has 23 heavy (non-hydrogen) atoms. The fraction of sp³-hybridized carbons (Fsp3) is 0.294. The standard InChI is InChI=1S/C17H16N2O2S2/c20-11-16-14(18-17(23-16)19-5-7-21-8-6-19)10-13-9-12-3-1-2-4-15(12)22-13/h1-4,9,11H,5-8,10H2. The molecule has 4 nitrogen and oxygen atoms in total. The van der Waals surface area contributed by atoms with E-state index in [0.29, 0.717) is 6.42 Å². The summed E-state index contributed by atoms with van der Waals surface area (Å²) in [5, 5.41) is 2.19. The monoisotopic (exact) mass is 344 g/mol. The molecule has 3 aromatic rings. The Morgan fingerprint density at radius 3 is 2.83 bits per heavy atom. The molecule has 0 bridgehead atoms. The van der Waals surface area contributed by atoms with Gasteiger partial charge in [-0.2, -0.15) is 0 Å². The van der Waals surface area contributed by atoms with E-state index in [1.165, 1.54) is 26.3 Å². The summed E-state index contributed by atoms with van der Waals surface area (Å²) in [5.41, 5.74) is 0.887. The predicted octanol–water partition coefficient (Wildman–Crippen LogP) is 3.60. The van der Waals surface area contributed by atoms with Crippen LogP contribution in [0.25, 0.3) is 10.1 Å². The molecule has 0 unspecified atom stereocenters. The zero-order valence-electron chi connectivity index (χ0n) is 12.5. The van der Waals surface area contributed by atoms with Crippen LogP contribution >= 0.6 is 22.7 Å². The largest absolute Gasteiger partial charge is 0.378 e. The molecule has 118 valence electrons. The van der Waals surface area contributed by atoms with Crippen LogP contribution in [0.15, 0.2) is 30.3 Å². The van der Waals surface area contributed by atoms with Gasteiger partial charge in [-0.1, -0.05) is 29.5 Å². The first-order chi connectivity index (χ1) is 11.3. The maximum absolute atomic E-state index is 11.4. The number of hydrogen-bond acceptors (Lipinski definition) is 6. The number of aromatic nitrogens is 1. The Bertz CT molecular complexity index is 801. The van der Waals surface area contributed by atoms with Crippen LogP contribution in [0.3, 0.4) is 0 Å². The second-order valence-electron chi connectivity index (χ2n) is 5.45. The number of anilines is 1. The van der Waals surface area contributed by atoms with E-state index in [-0.39, 0.29) is 0 Å². The molecule has 0 spiro atoms. The van der Waals surface area contributed by atoms with Gasteiger partial charge in [0.1, 0.15) is 0 Å². The van der Waals surface area contributed by atoms with Crippen molar-refractivity contribution in [1.82, 2.24) is 4.98 Å². The summed E-state index contributed by atoms with van der Waals surface area (Å²) in [4.78, 5) is 20.3. The first-order valence-electron chi connectivity index (χ1n) is 7.58. The smallest absolute Gasteiger partial charge is 0.186 e. The van der Waals surface area contributed by atoms with Crippen LogP contribution in [0.5, 0.6) is 0 Å². The number of ether oxygens (including phenoxy) is 1. The molecule has 0 N–H and O–H groups in total. The fourth-order valence-corrected chi connectivity index (χ4v) is 4.76. The van der Waals surface area contributed by atoms with Crippen molar-refractivity contribution in [2.24, 2.45) is 0 Å². The minimum absolute atomic E-state index is 0.717. The maximum atomic E-state index is 11.4. The predicted molar refractivity (Wildman–Crippen MR) is 95.2 cm³/mol. The number of rotatable bonds is 4. The lowest BCUT2D eigenvalue weighted by atomic mass is 10.2. The third kappa shape index (κ3) is 3.02. The number of nitrogens with zero attached hydrogens (tertiary/aromatic N) is 2. The normalized spacial score (nSPS) is 15.2. The van der Waals surface area contributed by atoms with Gasteiger partial charge in [-0.15, -0.1) is 11.3 Å². The van der Waals surface area contributed by atoms with Crippen molar-refractivity contribution >= 4 is 44.2 Å². The molecule has 1 aromatic carbocycles. The number of benzene rings is 1. The third-order valence-corrected chi connectivity index (χ3v) is 6.12. The number of carbonyl (C=O) groups is 1. The van der Waals surface area contributed by atoms with E-state index in [1.807, 2.05) is 0 Å². The van der Waals surface area contributed by atoms with E-state index >= 15 is 0 Å². The minimum Gasteiger partial charge on any atom is -0.378 e. The summed E-state index contributed by atoms with van der Waals surface area (Å²) in [5.74, 6) is 0. The Kier molecular flexibility index (Phi) is 4.11. The molecule has 2 aromatic heterocycles. The van der Waals surface area contributed by atoms with Crippen LogP contribution in [0.2, 0.25) is 0 Å². The van der Waals surface area contributed by atoms with Gasteiger partial charge in [-0.05, 0) is 17.5 Å². The van der Waals surface area contributed by atoms with Crippen LogP contribution in [-0.2, 0) is 11.2 Å². The maximum Gasteiger partial charge on any atom is 0.186 e. The van der Waals surface area contributed by atoms with Gasteiger partial charge in [-0.25, -0.2) is 4.98 Å². The summed E-state index contributed by atoms with van der Waals surface area (Å²) >= 11 is 3.26. The Labute approximate surface area is 142 Å². The summed E-state index contributed by atoms with van der Waals surface area (Å²) < 4.78 is 6.66. The molecule has 6 heteroatoms. The van der Waals surface area contributed by atoms with E-state index in [1.54, 1.807) is 11.3 Å². The molecule has 1 saturated heterocycles. The number of carbonyl (C=O) groups excluding carboxylic acids is 1. The molecule has 1 aliphatic rings. The highest BCUT2D eigenvalue weighted by Gasteiger charge is 2.19. The van der Waals surface area contributed by atoms with Gasteiger partial charge in [0.25, 0.3) is 0 Å². The number of morpholine rings is 1. The summed E-state index contributed by atoms with van der Waals surface area (Å²) in [6, 6.07) is 10.6. The van der Waals surface area contributed by atoms with Crippen LogP contribution in [0.1, 0.15) is 20.2 Å². The second-order valence-corrected chi connectivity index (χ2v) is 7.63. The lowest BCUT2D eigenvalue weighted by Crippen LogP contribution is -2.36. The van der Waals surface area contributed by atoms with E-state index in [9.17, 15) is 4.79 Å².